The lowest BCUT2D eigenvalue weighted by atomic mass is 9.85. The van der Waals surface area contributed by atoms with Gasteiger partial charge in [0.1, 0.15) is 0 Å². The van der Waals surface area contributed by atoms with Gasteiger partial charge >= 0.3 is 0 Å². The van der Waals surface area contributed by atoms with Gasteiger partial charge in [0.2, 0.25) is 5.91 Å². The highest BCUT2D eigenvalue weighted by molar-refractivity contribution is 5.85. The first kappa shape index (κ1) is 17.3. The standard InChI is InChI=1S/C16H26N4O.ClH/c1-10(13-9-17-20(3)11(13)2)18-16(21)15-8-12-6-4-5-7-14(12)19-15;/h9-10,12,14-15,19H,4-8H2,1-3H3,(H,18,21);1H. The summed E-state index contributed by atoms with van der Waals surface area (Å²) in [4.78, 5) is 12.5. The number of nitrogens with zero attached hydrogens (tertiary/aromatic N) is 2. The fourth-order valence-electron chi connectivity index (χ4n) is 3.85. The van der Waals surface area contributed by atoms with E-state index in [1.165, 1.54) is 25.7 Å². The van der Waals surface area contributed by atoms with Crippen molar-refractivity contribution < 1.29 is 4.79 Å². The number of aromatic nitrogens is 2. The van der Waals surface area contributed by atoms with Crippen LogP contribution in [-0.4, -0.2) is 27.8 Å². The fraction of sp³-hybridized carbons (Fsp3) is 0.750. The van der Waals surface area contributed by atoms with Gasteiger partial charge in [0.15, 0.2) is 0 Å². The van der Waals surface area contributed by atoms with Crippen LogP contribution >= 0.6 is 12.4 Å². The van der Waals surface area contributed by atoms with Crippen LogP contribution in [-0.2, 0) is 11.8 Å². The topological polar surface area (TPSA) is 59.0 Å². The van der Waals surface area contributed by atoms with E-state index < -0.39 is 0 Å². The number of carbonyl (C=O) groups excluding carboxylic acids is 1. The van der Waals surface area contributed by atoms with Crippen molar-refractivity contribution in [2.45, 2.75) is 64.1 Å². The minimum Gasteiger partial charge on any atom is -0.348 e. The Morgan fingerprint density at radius 1 is 1.45 bits per heavy atom. The lowest BCUT2D eigenvalue weighted by Gasteiger charge is -2.24. The van der Waals surface area contributed by atoms with E-state index in [-0.39, 0.29) is 30.4 Å². The third kappa shape index (κ3) is 3.30. The van der Waals surface area contributed by atoms with Gasteiger partial charge in [-0.15, -0.1) is 12.4 Å². The summed E-state index contributed by atoms with van der Waals surface area (Å²) in [6.45, 7) is 4.07. The molecule has 2 N–H and O–H groups in total. The van der Waals surface area contributed by atoms with Gasteiger partial charge in [-0.2, -0.15) is 5.10 Å². The molecular formula is C16H27ClN4O. The molecule has 0 radical (unpaired) electrons. The first-order valence-corrected chi connectivity index (χ1v) is 8.11. The van der Waals surface area contributed by atoms with Crippen molar-refractivity contribution in [1.82, 2.24) is 20.4 Å². The van der Waals surface area contributed by atoms with Crippen molar-refractivity contribution in [3.8, 4) is 0 Å². The van der Waals surface area contributed by atoms with Crippen molar-refractivity contribution in [1.29, 1.82) is 0 Å². The van der Waals surface area contributed by atoms with E-state index in [1.807, 2.05) is 31.8 Å². The van der Waals surface area contributed by atoms with E-state index in [1.54, 1.807) is 0 Å². The largest absolute Gasteiger partial charge is 0.348 e. The van der Waals surface area contributed by atoms with Crippen LogP contribution < -0.4 is 10.6 Å². The summed E-state index contributed by atoms with van der Waals surface area (Å²) in [7, 11) is 1.93. The molecule has 0 bridgehead atoms. The Balaban J connectivity index is 0.00000176. The maximum Gasteiger partial charge on any atom is 0.237 e. The number of aryl methyl sites for hydroxylation is 1. The summed E-state index contributed by atoms with van der Waals surface area (Å²) < 4.78 is 1.85. The highest BCUT2D eigenvalue weighted by Crippen LogP contribution is 2.33. The normalized spacial score (nSPS) is 28.6. The lowest BCUT2D eigenvalue weighted by molar-refractivity contribution is -0.123. The molecular weight excluding hydrogens is 300 g/mol. The molecule has 22 heavy (non-hydrogen) atoms. The number of nitrogens with one attached hydrogen (secondary N) is 2. The second kappa shape index (κ2) is 7.01. The minimum atomic E-state index is -0.0162. The second-order valence-corrected chi connectivity index (χ2v) is 6.65. The number of halogens is 1. The van der Waals surface area contributed by atoms with Crippen LogP contribution in [0, 0.1) is 12.8 Å². The molecule has 4 unspecified atom stereocenters. The third-order valence-corrected chi connectivity index (χ3v) is 5.28. The molecule has 1 aromatic heterocycles. The number of hydrogen-bond donors (Lipinski definition) is 2. The zero-order chi connectivity index (χ0) is 15.0. The Hall–Kier alpha value is -1.07. The van der Waals surface area contributed by atoms with Crippen molar-refractivity contribution in [2.75, 3.05) is 0 Å². The average molecular weight is 327 g/mol. The van der Waals surface area contributed by atoms with Crippen LogP contribution in [0.5, 0.6) is 0 Å². The smallest absolute Gasteiger partial charge is 0.237 e. The van der Waals surface area contributed by atoms with E-state index in [0.29, 0.717) is 12.0 Å². The van der Waals surface area contributed by atoms with E-state index in [0.717, 1.165) is 17.7 Å². The monoisotopic (exact) mass is 326 g/mol. The predicted octanol–water partition coefficient (Wildman–Crippen LogP) is 2.25. The fourth-order valence-corrected chi connectivity index (χ4v) is 3.85. The molecule has 124 valence electrons. The Kier molecular flexibility index (Phi) is 5.50. The van der Waals surface area contributed by atoms with Crippen molar-refractivity contribution >= 4 is 18.3 Å². The van der Waals surface area contributed by atoms with Gasteiger partial charge in [0.05, 0.1) is 18.3 Å². The number of amides is 1. The van der Waals surface area contributed by atoms with Gasteiger partial charge in [-0.25, -0.2) is 0 Å². The van der Waals surface area contributed by atoms with Gasteiger partial charge in [0, 0.05) is 24.3 Å². The summed E-state index contributed by atoms with van der Waals surface area (Å²) in [5, 5.41) is 10.9. The van der Waals surface area contributed by atoms with Crippen molar-refractivity contribution in [2.24, 2.45) is 13.0 Å². The maximum atomic E-state index is 12.5. The average Bonchev–Trinajstić information content (AvgIpc) is 3.03. The van der Waals surface area contributed by atoms with Crippen LogP contribution in [0.1, 0.15) is 56.3 Å². The first-order valence-electron chi connectivity index (χ1n) is 8.11. The SMILES string of the molecule is Cc1c(C(C)NC(=O)C2CC3CCCCC3N2)cnn1C.Cl. The van der Waals surface area contributed by atoms with Crippen molar-refractivity contribution in [3.63, 3.8) is 0 Å². The predicted molar refractivity (Wildman–Crippen MR) is 89.0 cm³/mol. The Labute approximate surface area is 138 Å². The minimum absolute atomic E-state index is 0. The molecule has 2 aliphatic rings. The van der Waals surface area contributed by atoms with Crippen LogP contribution in [0.15, 0.2) is 6.20 Å². The van der Waals surface area contributed by atoms with Gasteiger partial charge in [-0.3, -0.25) is 9.48 Å². The summed E-state index contributed by atoms with van der Waals surface area (Å²) in [5.41, 5.74) is 2.21. The van der Waals surface area contributed by atoms with E-state index in [9.17, 15) is 4.79 Å². The molecule has 5 nitrogen and oxygen atoms in total. The number of rotatable bonds is 3. The molecule has 4 atom stereocenters. The molecule has 0 spiro atoms. The molecule has 1 aromatic rings. The summed E-state index contributed by atoms with van der Waals surface area (Å²) in [6, 6.07) is 0.554. The van der Waals surface area contributed by atoms with E-state index in [4.69, 9.17) is 0 Å². The molecule has 3 rings (SSSR count). The highest BCUT2D eigenvalue weighted by Gasteiger charge is 2.38. The van der Waals surface area contributed by atoms with Crippen LogP contribution in [0.3, 0.4) is 0 Å². The van der Waals surface area contributed by atoms with Gasteiger partial charge in [0.25, 0.3) is 0 Å². The molecule has 1 saturated carbocycles. The van der Waals surface area contributed by atoms with Crippen LogP contribution in [0.2, 0.25) is 0 Å². The molecule has 1 aliphatic heterocycles. The molecule has 2 fully saturated rings. The summed E-state index contributed by atoms with van der Waals surface area (Å²) in [6.07, 6.45) is 7.97. The number of fused-ring (bicyclic) bond motifs is 1. The highest BCUT2D eigenvalue weighted by atomic mass is 35.5. The molecule has 0 aromatic carbocycles. The van der Waals surface area contributed by atoms with E-state index in [2.05, 4.69) is 15.7 Å². The van der Waals surface area contributed by atoms with E-state index >= 15 is 0 Å². The van der Waals surface area contributed by atoms with Gasteiger partial charge in [-0.05, 0) is 39.0 Å². The zero-order valence-electron chi connectivity index (χ0n) is 13.6. The first-order chi connectivity index (χ1) is 10.1. The Morgan fingerprint density at radius 3 is 2.82 bits per heavy atom. The van der Waals surface area contributed by atoms with Crippen LogP contribution in [0.25, 0.3) is 0 Å². The maximum absolute atomic E-state index is 12.5. The van der Waals surface area contributed by atoms with Crippen LogP contribution in [0.4, 0.5) is 0 Å². The molecule has 1 aliphatic carbocycles. The van der Waals surface area contributed by atoms with Gasteiger partial charge in [-0.1, -0.05) is 12.8 Å². The van der Waals surface area contributed by atoms with Crippen molar-refractivity contribution in [3.05, 3.63) is 17.5 Å². The molecule has 6 heteroatoms. The number of carbonyl (C=O) groups is 1. The Bertz CT molecular complexity index is 516. The zero-order valence-corrected chi connectivity index (χ0v) is 14.4. The molecule has 1 saturated heterocycles. The van der Waals surface area contributed by atoms with Gasteiger partial charge < -0.3 is 10.6 Å². The summed E-state index contributed by atoms with van der Waals surface area (Å²) >= 11 is 0. The quantitative estimate of drug-likeness (QED) is 0.895. The summed E-state index contributed by atoms with van der Waals surface area (Å²) in [5.74, 6) is 0.838. The third-order valence-electron chi connectivity index (χ3n) is 5.28. The lowest BCUT2D eigenvalue weighted by Crippen LogP contribution is -2.43. The number of hydrogen-bond acceptors (Lipinski definition) is 3. The second-order valence-electron chi connectivity index (χ2n) is 6.65. The molecule has 1 amide bonds. The Morgan fingerprint density at radius 2 is 2.18 bits per heavy atom. The molecule has 2 heterocycles.